The zero-order valence-electron chi connectivity index (χ0n) is 10.5. The standard InChI is InChI=1S/C13H8N4O4/c1-14-9-5-6-12(13(8-9)17(20)21)15-10-3-2-4-11(7-10)16(18)19/h2-8,15H. The summed E-state index contributed by atoms with van der Waals surface area (Å²) >= 11 is 0. The predicted molar refractivity (Wildman–Crippen MR) is 75.7 cm³/mol. The minimum absolute atomic E-state index is 0.125. The van der Waals surface area contributed by atoms with Gasteiger partial charge in [-0.05, 0) is 12.1 Å². The summed E-state index contributed by atoms with van der Waals surface area (Å²) in [5, 5.41) is 24.5. The van der Waals surface area contributed by atoms with E-state index in [0.717, 1.165) is 6.07 Å². The lowest BCUT2D eigenvalue weighted by Gasteiger charge is -2.07. The van der Waals surface area contributed by atoms with E-state index in [9.17, 15) is 20.2 Å². The molecule has 0 aliphatic heterocycles. The second kappa shape index (κ2) is 5.66. The molecule has 0 radical (unpaired) electrons. The topological polar surface area (TPSA) is 103 Å². The van der Waals surface area contributed by atoms with Gasteiger partial charge >= 0.3 is 0 Å². The third-order valence-corrected chi connectivity index (χ3v) is 2.64. The van der Waals surface area contributed by atoms with E-state index in [1.54, 1.807) is 6.07 Å². The molecule has 0 bridgehead atoms. The number of benzene rings is 2. The number of non-ortho nitro benzene ring substituents is 1. The van der Waals surface area contributed by atoms with Crippen molar-refractivity contribution in [3.05, 3.63) is 74.1 Å². The first kappa shape index (κ1) is 14.0. The Balaban J connectivity index is 2.40. The molecule has 0 aliphatic carbocycles. The molecule has 0 fully saturated rings. The number of nitrogens with zero attached hydrogens (tertiary/aromatic N) is 3. The third kappa shape index (κ3) is 3.10. The minimum Gasteiger partial charge on any atom is -0.350 e. The van der Waals surface area contributed by atoms with Gasteiger partial charge < -0.3 is 5.32 Å². The highest BCUT2D eigenvalue weighted by Gasteiger charge is 2.15. The Morgan fingerprint density at radius 2 is 1.81 bits per heavy atom. The first-order chi connectivity index (χ1) is 10.0. The van der Waals surface area contributed by atoms with Gasteiger partial charge in [0, 0.05) is 23.9 Å². The van der Waals surface area contributed by atoms with Gasteiger partial charge in [-0.2, -0.15) is 0 Å². The average molecular weight is 284 g/mol. The predicted octanol–water partition coefficient (Wildman–Crippen LogP) is 3.80. The molecule has 2 rings (SSSR count). The molecule has 0 unspecified atom stereocenters. The molecule has 8 heteroatoms. The third-order valence-electron chi connectivity index (χ3n) is 2.64. The van der Waals surface area contributed by atoms with Crippen molar-refractivity contribution in [3.8, 4) is 0 Å². The van der Waals surface area contributed by atoms with Crippen LogP contribution in [0.5, 0.6) is 0 Å². The van der Waals surface area contributed by atoms with Gasteiger partial charge in [-0.15, -0.1) is 0 Å². The van der Waals surface area contributed by atoms with Gasteiger partial charge in [0.25, 0.3) is 11.4 Å². The van der Waals surface area contributed by atoms with Crippen LogP contribution in [0.2, 0.25) is 0 Å². The molecular weight excluding hydrogens is 276 g/mol. The van der Waals surface area contributed by atoms with Crippen LogP contribution in [0.15, 0.2) is 42.5 Å². The molecule has 0 saturated carbocycles. The van der Waals surface area contributed by atoms with Crippen LogP contribution in [0.25, 0.3) is 4.85 Å². The summed E-state index contributed by atoms with van der Waals surface area (Å²) in [5.74, 6) is 0. The Labute approximate surface area is 118 Å². The smallest absolute Gasteiger partial charge is 0.282 e. The van der Waals surface area contributed by atoms with E-state index >= 15 is 0 Å². The van der Waals surface area contributed by atoms with Crippen LogP contribution >= 0.6 is 0 Å². The van der Waals surface area contributed by atoms with E-state index < -0.39 is 9.85 Å². The number of hydrogen-bond acceptors (Lipinski definition) is 5. The fraction of sp³-hybridized carbons (Fsp3) is 0. The first-order valence-electron chi connectivity index (χ1n) is 5.68. The molecule has 0 aliphatic rings. The lowest BCUT2D eigenvalue weighted by Crippen LogP contribution is -1.97. The zero-order chi connectivity index (χ0) is 15.4. The fourth-order valence-electron chi connectivity index (χ4n) is 1.70. The molecule has 2 aromatic rings. The van der Waals surface area contributed by atoms with Gasteiger partial charge in [-0.1, -0.05) is 12.1 Å². The van der Waals surface area contributed by atoms with Gasteiger partial charge in [-0.25, -0.2) is 4.85 Å². The van der Waals surface area contributed by atoms with Gasteiger partial charge in [0.05, 0.1) is 16.4 Å². The van der Waals surface area contributed by atoms with Crippen LogP contribution in [0, 0.1) is 26.8 Å². The summed E-state index contributed by atoms with van der Waals surface area (Å²) in [4.78, 5) is 23.7. The SMILES string of the molecule is [C-]#[N+]c1ccc(Nc2cccc([N+](=O)[O-])c2)c([N+](=O)[O-])c1. The second-order valence-electron chi connectivity index (χ2n) is 4.00. The Morgan fingerprint density at radius 1 is 1.05 bits per heavy atom. The molecule has 0 saturated heterocycles. The average Bonchev–Trinajstić information content (AvgIpc) is 2.47. The number of hydrogen-bond donors (Lipinski definition) is 1. The van der Waals surface area contributed by atoms with E-state index in [1.165, 1.54) is 30.3 Å². The van der Waals surface area contributed by atoms with Crippen molar-refractivity contribution in [2.24, 2.45) is 0 Å². The molecule has 0 atom stereocenters. The highest BCUT2D eigenvalue weighted by atomic mass is 16.6. The highest BCUT2D eigenvalue weighted by Crippen LogP contribution is 2.32. The van der Waals surface area contributed by atoms with Crippen LogP contribution in [0.4, 0.5) is 28.4 Å². The van der Waals surface area contributed by atoms with Crippen LogP contribution < -0.4 is 5.32 Å². The minimum atomic E-state index is -0.617. The molecule has 0 amide bonds. The maximum absolute atomic E-state index is 11.0. The molecule has 0 heterocycles. The van der Waals surface area contributed by atoms with Crippen molar-refractivity contribution in [2.75, 3.05) is 5.32 Å². The number of rotatable bonds is 4. The lowest BCUT2D eigenvalue weighted by atomic mass is 10.2. The van der Waals surface area contributed by atoms with Gasteiger partial charge in [0.2, 0.25) is 0 Å². The van der Waals surface area contributed by atoms with E-state index in [-0.39, 0.29) is 22.7 Å². The number of nitrogens with one attached hydrogen (secondary N) is 1. The Morgan fingerprint density at radius 3 is 2.43 bits per heavy atom. The second-order valence-corrected chi connectivity index (χ2v) is 4.00. The van der Waals surface area contributed by atoms with E-state index in [1.807, 2.05) is 0 Å². The maximum atomic E-state index is 11.0. The molecular formula is C13H8N4O4. The lowest BCUT2D eigenvalue weighted by molar-refractivity contribution is -0.384. The summed E-state index contributed by atoms with van der Waals surface area (Å²) in [6.45, 7) is 6.86. The molecule has 8 nitrogen and oxygen atoms in total. The number of nitro groups is 2. The molecule has 0 aromatic heterocycles. The molecule has 0 spiro atoms. The normalized spacial score (nSPS) is 9.67. The van der Waals surface area contributed by atoms with Crippen LogP contribution in [-0.2, 0) is 0 Å². The van der Waals surface area contributed by atoms with Crippen molar-refractivity contribution < 1.29 is 9.85 Å². The van der Waals surface area contributed by atoms with Crippen LogP contribution in [0.3, 0.4) is 0 Å². The van der Waals surface area contributed by atoms with E-state index in [0.29, 0.717) is 5.69 Å². The van der Waals surface area contributed by atoms with Gasteiger partial charge in [0.15, 0.2) is 5.69 Å². The summed E-state index contributed by atoms with van der Waals surface area (Å²) in [6.07, 6.45) is 0. The van der Waals surface area contributed by atoms with E-state index in [2.05, 4.69) is 10.2 Å². The Bertz CT molecular complexity index is 767. The molecule has 21 heavy (non-hydrogen) atoms. The van der Waals surface area contributed by atoms with Crippen molar-refractivity contribution in [1.82, 2.24) is 0 Å². The first-order valence-corrected chi connectivity index (χ1v) is 5.68. The van der Waals surface area contributed by atoms with Crippen molar-refractivity contribution >= 4 is 28.4 Å². The van der Waals surface area contributed by atoms with Crippen molar-refractivity contribution in [2.45, 2.75) is 0 Å². The Hall–Kier alpha value is -3.47. The Kier molecular flexibility index (Phi) is 3.76. The molecule has 1 N–H and O–H groups in total. The van der Waals surface area contributed by atoms with Crippen LogP contribution in [-0.4, -0.2) is 9.85 Å². The van der Waals surface area contributed by atoms with Crippen LogP contribution in [0.1, 0.15) is 0 Å². The van der Waals surface area contributed by atoms with Crippen molar-refractivity contribution in [1.29, 1.82) is 0 Å². The monoisotopic (exact) mass is 284 g/mol. The van der Waals surface area contributed by atoms with Crippen molar-refractivity contribution in [3.63, 3.8) is 0 Å². The summed E-state index contributed by atoms with van der Waals surface area (Å²) in [7, 11) is 0. The fourth-order valence-corrected chi connectivity index (χ4v) is 1.70. The van der Waals surface area contributed by atoms with Gasteiger partial charge in [0.1, 0.15) is 5.69 Å². The maximum Gasteiger partial charge on any atom is 0.282 e. The summed E-state index contributed by atoms with van der Waals surface area (Å²) < 4.78 is 0. The van der Waals surface area contributed by atoms with E-state index in [4.69, 9.17) is 6.57 Å². The molecule has 2 aromatic carbocycles. The largest absolute Gasteiger partial charge is 0.350 e. The number of anilines is 2. The summed E-state index contributed by atoms with van der Waals surface area (Å²) in [6, 6.07) is 9.59. The quantitative estimate of drug-likeness (QED) is 0.522. The number of nitro benzene ring substituents is 2. The summed E-state index contributed by atoms with van der Waals surface area (Å²) in [5.41, 5.74) is 0.262. The highest BCUT2D eigenvalue weighted by molar-refractivity contribution is 5.74. The van der Waals surface area contributed by atoms with Gasteiger partial charge in [-0.3, -0.25) is 20.2 Å². The zero-order valence-corrected chi connectivity index (χ0v) is 10.5. The molecule has 104 valence electrons.